The number of hydrogen-bond donors (Lipinski definition) is 0. The predicted octanol–water partition coefficient (Wildman–Crippen LogP) is 13.7. The van der Waals surface area contributed by atoms with E-state index in [1.54, 1.807) is 0 Å². The molecule has 0 saturated carbocycles. The van der Waals surface area contributed by atoms with Crippen LogP contribution in [-0.4, -0.2) is 55.3 Å². The van der Waals surface area contributed by atoms with Gasteiger partial charge in [-0.25, -0.2) is 0 Å². The molecular weight excluding hydrogens is 749 g/mol. The molecule has 1 fully saturated rings. The monoisotopic (exact) mass is 834 g/mol. The van der Waals surface area contributed by atoms with Crippen molar-refractivity contribution in [2.45, 2.75) is 238 Å². The van der Waals surface area contributed by atoms with Crippen LogP contribution in [-0.2, 0) is 22.1 Å². The smallest absolute Gasteiger partial charge is 0.306 e. The maximum absolute atomic E-state index is 12.9. The van der Waals surface area contributed by atoms with E-state index in [4.69, 9.17) is 12.5 Å². The first-order chi connectivity index (χ1) is 25.0. The van der Waals surface area contributed by atoms with Gasteiger partial charge in [0, 0.05) is 25.4 Å². The SMILES string of the molecule is CCCCCCCCCCCOC(=O)CCC1CCCN(CCOI)C1CCCCCC(=O)OC(CCCCCCCC)CCCCCCCC. The highest BCUT2D eigenvalue weighted by atomic mass is 127. The molecule has 0 amide bonds. The van der Waals surface area contributed by atoms with Crippen LogP contribution < -0.4 is 0 Å². The first-order valence-electron chi connectivity index (χ1n) is 22.4. The minimum Gasteiger partial charge on any atom is -0.466 e. The van der Waals surface area contributed by atoms with Gasteiger partial charge < -0.3 is 12.5 Å². The van der Waals surface area contributed by atoms with E-state index in [1.807, 2.05) is 23.0 Å². The van der Waals surface area contributed by atoms with Crippen molar-refractivity contribution in [3.05, 3.63) is 0 Å². The van der Waals surface area contributed by atoms with Crippen molar-refractivity contribution in [2.75, 3.05) is 26.3 Å². The summed E-state index contributed by atoms with van der Waals surface area (Å²) in [6, 6.07) is 0.474. The molecule has 51 heavy (non-hydrogen) atoms. The van der Waals surface area contributed by atoms with Crippen LogP contribution in [0.4, 0.5) is 0 Å². The number of halogens is 1. The summed E-state index contributed by atoms with van der Waals surface area (Å²) in [5.74, 6) is 0.503. The largest absolute Gasteiger partial charge is 0.466 e. The number of rotatable bonds is 37. The maximum Gasteiger partial charge on any atom is 0.306 e. The van der Waals surface area contributed by atoms with Gasteiger partial charge in [0.1, 0.15) is 29.1 Å². The van der Waals surface area contributed by atoms with E-state index >= 15 is 0 Å². The summed E-state index contributed by atoms with van der Waals surface area (Å²) < 4.78 is 17.2. The molecule has 1 saturated heterocycles. The van der Waals surface area contributed by atoms with Gasteiger partial charge in [-0.1, -0.05) is 149 Å². The normalized spacial score (nSPS) is 16.6. The van der Waals surface area contributed by atoms with Crippen molar-refractivity contribution >= 4 is 34.9 Å². The highest BCUT2D eigenvalue weighted by molar-refractivity contribution is 14.1. The molecule has 0 aliphatic carbocycles. The molecule has 0 spiro atoms. The van der Waals surface area contributed by atoms with E-state index in [9.17, 15) is 9.59 Å². The number of carbonyl (C=O) groups is 2. The summed E-state index contributed by atoms with van der Waals surface area (Å²) in [5, 5.41) is 0. The van der Waals surface area contributed by atoms with Crippen LogP contribution in [0.15, 0.2) is 0 Å². The highest BCUT2D eigenvalue weighted by Crippen LogP contribution is 2.31. The molecule has 302 valence electrons. The molecule has 1 aliphatic heterocycles. The Bertz CT molecular complexity index is 767. The van der Waals surface area contributed by atoms with Gasteiger partial charge in [0.15, 0.2) is 0 Å². The molecular formula is C44H84INO5. The van der Waals surface area contributed by atoms with Crippen molar-refractivity contribution in [2.24, 2.45) is 5.92 Å². The molecule has 1 rings (SSSR count). The topological polar surface area (TPSA) is 65.1 Å². The van der Waals surface area contributed by atoms with Crippen molar-refractivity contribution in [1.29, 1.82) is 0 Å². The zero-order chi connectivity index (χ0) is 37.0. The Hall–Kier alpha value is -0.410. The van der Waals surface area contributed by atoms with Gasteiger partial charge in [0.2, 0.25) is 0 Å². The number of likely N-dealkylation sites (tertiary alicyclic amines) is 1. The predicted molar refractivity (Wildman–Crippen MR) is 224 cm³/mol. The van der Waals surface area contributed by atoms with E-state index in [0.717, 1.165) is 77.5 Å². The number of carbonyl (C=O) groups excluding carboxylic acids is 2. The number of nitrogens with zero attached hydrogens (tertiary/aromatic N) is 1. The third-order valence-electron chi connectivity index (χ3n) is 11.2. The minimum atomic E-state index is -0.0224. The molecule has 0 aromatic rings. The first kappa shape index (κ1) is 48.6. The Morgan fingerprint density at radius 1 is 0.608 bits per heavy atom. The van der Waals surface area contributed by atoms with Crippen LogP contribution in [0.2, 0.25) is 0 Å². The lowest BCUT2D eigenvalue weighted by Crippen LogP contribution is -2.46. The summed E-state index contributed by atoms with van der Waals surface area (Å²) in [6.07, 6.45) is 37.5. The van der Waals surface area contributed by atoms with Crippen LogP contribution in [0.3, 0.4) is 0 Å². The van der Waals surface area contributed by atoms with Crippen molar-refractivity contribution in [3.63, 3.8) is 0 Å². The summed E-state index contributed by atoms with van der Waals surface area (Å²) >= 11 is 2.00. The van der Waals surface area contributed by atoms with E-state index in [2.05, 4.69) is 25.7 Å². The zero-order valence-electron chi connectivity index (χ0n) is 34.1. The standard InChI is InChI=1S/C44H84INO5/c1-4-7-10-13-16-17-18-21-27-38-49-43(47)35-34-40-29-28-36-46(37-39-50-45)42(40)32-25-22-26-33-44(48)51-41(30-23-19-14-11-8-5-2)31-24-20-15-12-9-6-3/h40-42H,4-39H2,1-3H3. The fourth-order valence-corrected chi connectivity index (χ4v) is 8.18. The molecule has 0 N–H and O–H groups in total. The lowest BCUT2D eigenvalue weighted by atomic mass is 9.83. The average Bonchev–Trinajstić information content (AvgIpc) is 3.13. The number of esters is 2. The Morgan fingerprint density at radius 2 is 1.14 bits per heavy atom. The molecule has 0 radical (unpaired) electrons. The molecule has 0 bridgehead atoms. The van der Waals surface area contributed by atoms with Crippen LogP contribution in [0.5, 0.6) is 0 Å². The van der Waals surface area contributed by atoms with Gasteiger partial charge in [-0.15, -0.1) is 0 Å². The van der Waals surface area contributed by atoms with Gasteiger partial charge in [-0.05, 0) is 76.7 Å². The van der Waals surface area contributed by atoms with Gasteiger partial charge in [0.05, 0.1) is 13.2 Å². The quantitative estimate of drug-likeness (QED) is 0.0353. The lowest BCUT2D eigenvalue weighted by Gasteiger charge is -2.41. The summed E-state index contributed by atoms with van der Waals surface area (Å²) in [7, 11) is 0. The second-order valence-corrected chi connectivity index (χ2v) is 16.4. The molecule has 6 nitrogen and oxygen atoms in total. The third-order valence-corrected chi connectivity index (χ3v) is 11.6. The molecule has 7 heteroatoms. The van der Waals surface area contributed by atoms with Gasteiger partial charge in [-0.3, -0.25) is 14.5 Å². The number of ether oxygens (including phenoxy) is 2. The fraction of sp³-hybridized carbons (Fsp3) is 0.955. The number of piperidine rings is 1. The van der Waals surface area contributed by atoms with Gasteiger partial charge in [-0.2, -0.15) is 0 Å². The van der Waals surface area contributed by atoms with Crippen molar-refractivity contribution < 1.29 is 22.1 Å². The number of unbranched alkanes of at least 4 members (excludes halogenated alkanes) is 20. The number of hydrogen-bond acceptors (Lipinski definition) is 6. The van der Waals surface area contributed by atoms with Gasteiger partial charge >= 0.3 is 11.9 Å². The Morgan fingerprint density at radius 3 is 1.71 bits per heavy atom. The zero-order valence-corrected chi connectivity index (χ0v) is 36.2. The van der Waals surface area contributed by atoms with E-state index < -0.39 is 0 Å². The minimum absolute atomic E-state index is 0.00857. The maximum atomic E-state index is 12.9. The van der Waals surface area contributed by atoms with Crippen LogP contribution in [0.25, 0.3) is 0 Å². The highest BCUT2D eigenvalue weighted by Gasteiger charge is 2.31. The van der Waals surface area contributed by atoms with Crippen LogP contribution in [0.1, 0.15) is 226 Å². The van der Waals surface area contributed by atoms with Gasteiger partial charge in [0.25, 0.3) is 0 Å². The Balaban J connectivity index is 2.42. The molecule has 2 unspecified atom stereocenters. The lowest BCUT2D eigenvalue weighted by molar-refractivity contribution is -0.150. The fourth-order valence-electron chi connectivity index (χ4n) is 7.98. The van der Waals surface area contributed by atoms with Crippen molar-refractivity contribution in [1.82, 2.24) is 4.90 Å². The summed E-state index contributed by atoms with van der Waals surface area (Å²) in [6.45, 7) is 10.1. The van der Waals surface area contributed by atoms with Crippen LogP contribution in [0, 0.1) is 5.92 Å². The second-order valence-electron chi connectivity index (χ2n) is 15.7. The molecule has 0 aromatic heterocycles. The van der Waals surface area contributed by atoms with Crippen molar-refractivity contribution in [3.8, 4) is 0 Å². The van der Waals surface area contributed by atoms with E-state index in [0.29, 0.717) is 31.4 Å². The van der Waals surface area contributed by atoms with Crippen LogP contribution >= 0.6 is 23.0 Å². The molecule has 1 heterocycles. The summed E-state index contributed by atoms with van der Waals surface area (Å²) in [4.78, 5) is 28.2. The molecule has 1 aliphatic rings. The Kier molecular flexibility index (Phi) is 34.8. The third kappa shape index (κ3) is 28.7. The first-order valence-corrected chi connectivity index (χ1v) is 23.3. The van der Waals surface area contributed by atoms with E-state index in [-0.39, 0.29) is 18.0 Å². The molecule has 2 atom stereocenters. The summed E-state index contributed by atoms with van der Waals surface area (Å²) in [5.41, 5.74) is 0. The Labute approximate surface area is 331 Å². The average molecular weight is 834 g/mol. The van der Waals surface area contributed by atoms with E-state index in [1.165, 1.54) is 135 Å². The molecule has 0 aromatic carbocycles. The second kappa shape index (κ2) is 36.6.